The molecule has 1 aromatic heterocycles. The van der Waals surface area contributed by atoms with E-state index < -0.39 is 24.3 Å². The third-order valence-electron chi connectivity index (χ3n) is 9.50. The molecule has 5 amide bonds. The van der Waals surface area contributed by atoms with Crippen molar-refractivity contribution in [3.8, 4) is 12.3 Å². The Morgan fingerprint density at radius 2 is 1.75 bits per heavy atom. The second-order valence-corrected chi connectivity index (χ2v) is 15.1. The first-order chi connectivity index (χ1) is 27.1. The van der Waals surface area contributed by atoms with Gasteiger partial charge in [-0.2, -0.15) is 5.01 Å². The van der Waals surface area contributed by atoms with Crippen molar-refractivity contribution in [2.45, 2.75) is 38.3 Å². The number of hydrazine groups is 1. The summed E-state index contributed by atoms with van der Waals surface area (Å²) in [6.45, 7) is 0.200. The lowest BCUT2D eigenvalue weighted by Crippen LogP contribution is -2.66. The van der Waals surface area contributed by atoms with Crippen molar-refractivity contribution in [1.29, 1.82) is 0 Å². The van der Waals surface area contributed by atoms with Gasteiger partial charge in [0, 0.05) is 25.2 Å². The van der Waals surface area contributed by atoms with Crippen LogP contribution in [0.3, 0.4) is 0 Å². The molecule has 56 heavy (non-hydrogen) atoms. The number of ether oxygens (including phenoxy) is 1. The fraction of sp³-hybridized carbons (Fsp3) is 0.225. The highest BCUT2D eigenvalue weighted by molar-refractivity contribution is 7.22. The maximum atomic E-state index is 14.5. The predicted molar refractivity (Wildman–Crippen MR) is 215 cm³/mol. The Morgan fingerprint density at radius 1 is 0.982 bits per heavy atom. The quantitative estimate of drug-likeness (QED) is 0.135. The number of thiazole rings is 1. The summed E-state index contributed by atoms with van der Waals surface area (Å²) in [6.07, 6.45) is 4.58. The van der Waals surface area contributed by atoms with Crippen LogP contribution in [-0.4, -0.2) is 80.6 Å². The molecule has 13 nitrogen and oxygen atoms in total. The lowest BCUT2D eigenvalue weighted by molar-refractivity contribution is -0.157. The number of nitrogens with two attached hydrogens (primary N) is 1. The zero-order valence-electron chi connectivity index (χ0n) is 29.9. The first-order valence-corrected chi connectivity index (χ1v) is 19.1. The topological polar surface area (TPSA) is 153 Å². The third-order valence-corrected chi connectivity index (χ3v) is 11.1. The average molecular weight is 812 g/mol. The molecule has 0 unspecified atom stereocenters. The molecule has 0 aliphatic carbocycles. The number of nitrogens with zero attached hydrogens (tertiary/aromatic N) is 5. The maximum Gasteiger partial charge on any atom is 0.411 e. The molecule has 2 atom stereocenters. The molecule has 0 radical (unpaired) electrons. The van der Waals surface area contributed by atoms with Crippen LogP contribution in [-0.2, 0) is 40.4 Å². The van der Waals surface area contributed by atoms with Gasteiger partial charge in [-0.1, -0.05) is 101 Å². The standard InChI is InChI=1S/C40H36Cl2N8O5S/c1-2-17-48(39(53)44-20-27-13-16-30(41)31(42)18-27)49-23-35(51)50-32(19-25-11-14-29(15-12-25)45-40(54)55-24-26-7-4-3-5-8-26)37(52)47(22-34(49)50)21-28-9-6-10-33-36(28)46-38(43)56-33/h1,3-16,18,32,34H,17,19-24H2,(H2,43,46)(H,44,53)(H,45,54)/t32-,34+/m0/s1. The number of para-hydroxylation sites is 1. The average Bonchev–Trinajstić information content (AvgIpc) is 3.74. The number of hydrogen-bond acceptors (Lipinski definition) is 9. The van der Waals surface area contributed by atoms with E-state index in [9.17, 15) is 19.2 Å². The number of benzene rings is 4. The smallest absolute Gasteiger partial charge is 0.411 e. The number of aromatic nitrogens is 1. The first-order valence-electron chi connectivity index (χ1n) is 17.6. The lowest BCUT2D eigenvalue weighted by Gasteiger charge is -2.46. The van der Waals surface area contributed by atoms with Crippen LogP contribution >= 0.6 is 34.5 Å². The number of amides is 5. The molecule has 3 heterocycles. The monoisotopic (exact) mass is 810 g/mol. The Labute approximate surface area is 336 Å². The van der Waals surface area contributed by atoms with Gasteiger partial charge in [0.15, 0.2) is 5.13 Å². The van der Waals surface area contributed by atoms with Crippen molar-refractivity contribution in [2.24, 2.45) is 0 Å². The molecule has 0 saturated carbocycles. The summed E-state index contributed by atoms with van der Waals surface area (Å²) in [4.78, 5) is 62.4. The second-order valence-electron chi connectivity index (χ2n) is 13.2. The molecule has 2 aliphatic rings. The molecule has 4 N–H and O–H groups in total. The zero-order valence-corrected chi connectivity index (χ0v) is 32.2. The van der Waals surface area contributed by atoms with E-state index in [0.717, 1.165) is 21.4 Å². The fourth-order valence-electron chi connectivity index (χ4n) is 6.86. The SMILES string of the molecule is C#CCN(C(=O)NCc1ccc(Cl)c(Cl)c1)N1CC(=O)N2[C@@H](Cc3ccc(NC(=O)OCc4ccccc4)cc3)C(=O)N(Cc3cccc4sc(N)nc34)C[C@@H]21. The Morgan fingerprint density at radius 3 is 2.50 bits per heavy atom. The van der Waals surface area contributed by atoms with Crippen molar-refractivity contribution >= 4 is 79.5 Å². The van der Waals surface area contributed by atoms with Gasteiger partial charge in [-0.05, 0) is 52.6 Å². The van der Waals surface area contributed by atoms with Crippen LogP contribution in [0.4, 0.5) is 20.4 Å². The Hall–Kier alpha value is -5.85. The van der Waals surface area contributed by atoms with E-state index in [0.29, 0.717) is 31.9 Å². The first kappa shape index (κ1) is 38.4. The number of nitrogen functional groups attached to an aromatic ring is 1. The van der Waals surface area contributed by atoms with Crippen molar-refractivity contribution in [1.82, 2.24) is 30.1 Å². The minimum Gasteiger partial charge on any atom is -0.444 e. The number of hydrogen-bond donors (Lipinski definition) is 3. The van der Waals surface area contributed by atoms with Crippen molar-refractivity contribution < 1.29 is 23.9 Å². The van der Waals surface area contributed by atoms with E-state index in [2.05, 4.69) is 21.5 Å². The minimum absolute atomic E-state index is 0.0895. The van der Waals surface area contributed by atoms with Crippen molar-refractivity contribution in [2.75, 3.05) is 30.7 Å². The number of fused-ring (bicyclic) bond motifs is 2. The highest BCUT2D eigenvalue weighted by Crippen LogP contribution is 2.33. The fourth-order valence-corrected chi connectivity index (χ4v) is 7.96. The van der Waals surface area contributed by atoms with Crippen molar-refractivity contribution in [3.05, 3.63) is 123 Å². The van der Waals surface area contributed by atoms with Crippen molar-refractivity contribution in [3.63, 3.8) is 0 Å². The van der Waals surface area contributed by atoms with Gasteiger partial charge in [-0.3, -0.25) is 14.9 Å². The molecule has 2 saturated heterocycles. The highest BCUT2D eigenvalue weighted by Gasteiger charge is 2.52. The van der Waals surface area contributed by atoms with Gasteiger partial charge in [0.2, 0.25) is 11.8 Å². The second kappa shape index (κ2) is 16.9. The minimum atomic E-state index is -0.924. The number of carbonyl (C=O) groups excluding carboxylic acids is 4. The molecule has 4 aromatic carbocycles. The van der Waals surface area contributed by atoms with Crippen LogP contribution in [0.2, 0.25) is 10.0 Å². The number of terminal acetylenes is 1. The van der Waals surface area contributed by atoms with Gasteiger partial charge < -0.3 is 25.6 Å². The Kier molecular flexibility index (Phi) is 11.6. The van der Waals surface area contributed by atoms with E-state index in [4.69, 9.17) is 40.1 Å². The molecular weight excluding hydrogens is 775 g/mol. The zero-order chi connectivity index (χ0) is 39.3. The van der Waals surface area contributed by atoms with Gasteiger partial charge in [0.1, 0.15) is 18.8 Å². The molecular formula is C40H36Cl2N8O5S. The van der Waals surface area contributed by atoms with Gasteiger partial charge in [-0.25, -0.2) is 19.6 Å². The number of carbonyl (C=O) groups is 4. The molecule has 0 bridgehead atoms. The summed E-state index contributed by atoms with van der Waals surface area (Å²) in [5.74, 6) is 1.94. The lowest BCUT2D eigenvalue weighted by atomic mass is 9.99. The van der Waals surface area contributed by atoms with Crippen LogP contribution < -0.4 is 16.4 Å². The van der Waals surface area contributed by atoms with Gasteiger partial charge in [0.05, 0.1) is 39.9 Å². The van der Waals surface area contributed by atoms with Gasteiger partial charge in [0.25, 0.3) is 0 Å². The van der Waals surface area contributed by atoms with E-state index in [1.165, 1.54) is 16.3 Å². The van der Waals surface area contributed by atoms with E-state index in [-0.39, 0.29) is 57.6 Å². The largest absolute Gasteiger partial charge is 0.444 e. The summed E-state index contributed by atoms with van der Waals surface area (Å²) in [5, 5.41) is 9.67. The van der Waals surface area contributed by atoms with Crippen LogP contribution in [0.1, 0.15) is 22.3 Å². The number of anilines is 2. The Bertz CT molecular complexity index is 2320. The number of nitrogens with one attached hydrogen (secondary N) is 2. The highest BCUT2D eigenvalue weighted by atomic mass is 35.5. The molecule has 286 valence electrons. The van der Waals surface area contributed by atoms with E-state index in [1.54, 1.807) is 57.3 Å². The Balaban J connectivity index is 1.12. The maximum absolute atomic E-state index is 14.5. The number of urea groups is 1. The van der Waals surface area contributed by atoms with Crippen LogP contribution in [0.25, 0.3) is 10.2 Å². The van der Waals surface area contributed by atoms with E-state index >= 15 is 0 Å². The van der Waals surface area contributed by atoms with Gasteiger partial charge >= 0.3 is 12.1 Å². The summed E-state index contributed by atoms with van der Waals surface area (Å²) in [6, 6.07) is 25.6. The molecule has 2 fully saturated rings. The molecule has 2 aliphatic heterocycles. The summed E-state index contributed by atoms with van der Waals surface area (Å²) < 4.78 is 6.23. The van der Waals surface area contributed by atoms with Gasteiger partial charge in [-0.15, -0.1) is 6.42 Å². The van der Waals surface area contributed by atoms with Crippen LogP contribution in [0.5, 0.6) is 0 Å². The molecule has 0 spiro atoms. The summed E-state index contributed by atoms with van der Waals surface area (Å²) >= 11 is 13.6. The summed E-state index contributed by atoms with van der Waals surface area (Å²) in [5.41, 5.74) is 10.3. The number of piperazine rings is 1. The molecule has 16 heteroatoms. The normalized spacial score (nSPS) is 16.7. The van der Waals surface area contributed by atoms with Crippen LogP contribution in [0, 0.1) is 12.3 Å². The third kappa shape index (κ3) is 8.51. The molecule has 7 rings (SSSR count). The summed E-state index contributed by atoms with van der Waals surface area (Å²) in [7, 11) is 0. The van der Waals surface area contributed by atoms with E-state index in [1.807, 2.05) is 48.5 Å². The number of rotatable bonds is 11. The van der Waals surface area contributed by atoms with Crippen LogP contribution in [0.15, 0.2) is 91.0 Å². The predicted octanol–water partition coefficient (Wildman–Crippen LogP) is 6.12. The number of halogens is 2. The molecule has 5 aromatic rings.